The summed E-state index contributed by atoms with van der Waals surface area (Å²) in [4.78, 5) is 12.0. The lowest BCUT2D eigenvalue weighted by Crippen LogP contribution is -2.23. The van der Waals surface area contributed by atoms with Crippen LogP contribution in [0.2, 0.25) is 0 Å². The van der Waals surface area contributed by atoms with Gasteiger partial charge in [-0.15, -0.1) is 0 Å². The molecule has 2 aromatic rings. The van der Waals surface area contributed by atoms with E-state index in [1.165, 1.54) is 6.07 Å². The Morgan fingerprint density at radius 2 is 2.00 bits per heavy atom. The van der Waals surface area contributed by atoms with Gasteiger partial charge in [0.2, 0.25) is 0 Å². The van der Waals surface area contributed by atoms with E-state index in [2.05, 4.69) is 5.32 Å². The zero-order valence-corrected chi connectivity index (χ0v) is 11.4. The van der Waals surface area contributed by atoms with Crippen LogP contribution in [-0.2, 0) is 6.54 Å². The van der Waals surface area contributed by atoms with Crippen molar-refractivity contribution in [2.45, 2.75) is 13.5 Å². The summed E-state index contributed by atoms with van der Waals surface area (Å²) in [5.74, 6) is 0.0735. The largest absolute Gasteiger partial charge is 0.496 e. The third kappa shape index (κ3) is 3.15. The molecular formula is C16H16FNO2. The quantitative estimate of drug-likeness (QED) is 0.929. The fourth-order valence-corrected chi connectivity index (χ4v) is 1.88. The highest BCUT2D eigenvalue weighted by Gasteiger charge is 2.09. The molecule has 4 heteroatoms. The van der Waals surface area contributed by atoms with Crippen molar-refractivity contribution in [3.63, 3.8) is 0 Å². The molecule has 1 N–H and O–H groups in total. The third-order valence-electron chi connectivity index (χ3n) is 3.07. The maximum atomic E-state index is 13.4. The number of methoxy groups -OCH3 is 1. The number of aryl methyl sites for hydroxylation is 1. The molecule has 0 saturated heterocycles. The Labute approximate surface area is 117 Å². The number of halogens is 1. The average Bonchev–Trinajstić information content (AvgIpc) is 2.46. The molecule has 2 rings (SSSR count). The zero-order valence-electron chi connectivity index (χ0n) is 11.4. The number of benzene rings is 2. The van der Waals surface area contributed by atoms with Crippen LogP contribution in [0.4, 0.5) is 4.39 Å². The van der Waals surface area contributed by atoms with Crippen LogP contribution in [0, 0.1) is 12.7 Å². The second-order valence-corrected chi connectivity index (χ2v) is 4.46. The van der Waals surface area contributed by atoms with Gasteiger partial charge in [0.15, 0.2) is 0 Å². The topological polar surface area (TPSA) is 38.3 Å². The number of carbonyl (C=O) groups is 1. The Bertz CT molecular complexity index is 626. The molecule has 0 fully saturated rings. The fraction of sp³-hybridized carbons (Fsp3) is 0.188. The van der Waals surface area contributed by atoms with E-state index in [-0.39, 0.29) is 18.3 Å². The highest BCUT2D eigenvalue weighted by molar-refractivity contribution is 5.94. The van der Waals surface area contributed by atoms with Crippen molar-refractivity contribution in [3.05, 3.63) is 65.0 Å². The molecule has 0 saturated carbocycles. The van der Waals surface area contributed by atoms with Gasteiger partial charge in [-0.25, -0.2) is 4.39 Å². The Morgan fingerprint density at radius 1 is 1.25 bits per heavy atom. The van der Waals surface area contributed by atoms with Crippen LogP contribution in [0.5, 0.6) is 5.75 Å². The molecule has 0 bridgehead atoms. The van der Waals surface area contributed by atoms with Crippen LogP contribution < -0.4 is 10.1 Å². The Morgan fingerprint density at radius 3 is 2.70 bits per heavy atom. The van der Waals surface area contributed by atoms with E-state index < -0.39 is 0 Å². The third-order valence-corrected chi connectivity index (χ3v) is 3.07. The van der Waals surface area contributed by atoms with Crippen LogP contribution >= 0.6 is 0 Å². The lowest BCUT2D eigenvalue weighted by atomic mass is 10.1. The number of rotatable bonds is 4. The van der Waals surface area contributed by atoms with Gasteiger partial charge in [-0.3, -0.25) is 4.79 Å². The van der Waals surface area contributed by atoms with Crippen molar-refractivity contribution in [2.75, 3.05) is 7.11 Å². The zero-order chi connectivity index (χ0) is 14.5. The number of hydrogen-bond donors (Lipinski definition) is 1. The fourth-order valence-electron chi connectivity index (χ4n) is 1.88. The summed E-state index contributed by atoms with van der Waals surface area (Å²) in [6, 6.07) is 11.6. The van der Waals surface area contributed by atoms with Crippen LogP contribution in [-0.4, -0.2) is 13.0 Å². The van der Waals surface area contributed by atoms with Crippen molar-refractivity contribution in [3.8, 4) is 5.75 Å². The van der Waals surface area contributed by atoms with E-state index in [9.17, 15) is 9.18 Å². The molecule has 0 radical (unpaired) electrons. The van der Waals surface area contributed by atoms with Crippen molar-refractivity contribution >= 4 is 5.91 Å². The molecule has 0 atom stereocenters. The van der Waals surface area contributed by atoms with Gasteiger partial charge in [-0.05, 0) is 30.7 Å². The van der Waals surface area contributed by atoms with Gasteiger partial charge >= 0.3 is 0 Å². The van der Waals surface area contributed by atoms with Gasteiger partial charge in [-0.1, -0.05) is 24.3 Å². The maximum Gasteiger partial charge on any atom is 0.251 e. The van der Waals surface area contributed by atoms with Crippen molar-refractivity contribution in [1.82, 2.24) is 5.32 Å². The van der Waals surface area contributed by atoms with Crippen molar-refractivity contribution in [1.29, 1.82) is 0 Å². The van der Waals surface area contributed by atoms with Gasteiger partial charge in [0.25, 0.3) is 5.91 Å². The predicted molar refractivity (Wildman–Crippen MR) is 75.3 cm³/mol. The molecule has 0 aliphatic rings. The first kappa shape index (κ1) is 14.1. The number of hydrogen-bond acceptors (Lipinski definition) is 2. The van der Waals surface area contributed by atoms with E-state index in [4.69, 9.17) is 4.74 Å². The summed E-state index contributed by atoms with van der Waals surface area (Å²) < 4.78 is 18.6. The normalized spacial score (nSPS) is 10.2. The lowest BCUT2D eigenvalue weighted by Gasteiger charge is -2.09. The minimum atomic E-state index is -0.325. The Kier molecular flexibility index (Phi) is 4.35. The molecule has 0 spiro atoms. The summed E-state index contributed by atoms with van der Waals surface area (Å²) in [6.07, 6.45) is 0. The molecule has 0 aromatic heterocycles. The summed E-state index contributed by atoms with van der Waals surface area (Å²) in [7, 11) is 1.56. The molecule has 0 unspecified atom stereocenters. The highest BCUT2D eigenvalue weighted by Crippen LogP contribution is 2.19. The molecule has 2 aromatic carbocycles. The average molecular weight is 273 g/mol. The van der Waals surface area contributed by atoms with Crippen molar-refractivity contribution < 1.29 is 13.9 Å². The van der Waals surface area contributed by atoms with E-state index >= 15 is 0 Å². The molecular weight excluding hydrogens is 257 g/mol. The van der Waals surface area contributed by atoms with Gasteiger partial charge in [0.1, 0.15) is 11.6 Å². The smallest absolute Gasteiger partial charge is 0.251 e. The molecule has 0 heterocycles. The molecule has 1 amide bonds. The van der Waals surface area contributed by atoms with Crippen LogP contribution in [0.25, 0.3) is 0 Å². The second kappa shape index (κ2) is 6.19. The summed E-state index contributed by atoms with van der Waals surface area (Å²) in [6.45, 7) is 2.06. The summed E-state index contributed by atoms with van der Waals surface area (Å²) in [5.41, 5.74) is 1.90. The van der Waals surface area contributed by atoms with Gasteiger partial charge in [0, 0.05) is 17.7 Å². The maximum absolute atomic E-state index is 13.4. The Balaban J connectivity index is 2.07. The minimum Gasteiger partial charge on any atom is -0.496 e. The Hall–Kier alpha value is -2.36. The second-order valence-electron chi connectivity index (χ2n) is 4.46. The van der Waals surface area contributed by atoms with Gasteiger partial charge < -0.3 is 10.1 Å². The standard InChI is InChI=1S/C16H16FNO2/c1-11-7-8-12(9-15(11)20-2)16(19)18-10-13-5-3-4-6-14(13)17/h3-9H,10H2,1-2H3,(H,18,19). The highest BCUT2D eigenvalue weighted by atomic mass is 19.1. The van der Waals surface area contributed by atoms with Crippen LogP contribution in [0.15, 0.2) is 42.5 Å². The number of nitrogens with one attached hydrogen (secondary N) is 1. The molecule has 0 aliphatic carbocycles. The van der Waals surface area contributed by atoms with Crippen LogP contribution in [0.1, 0.15) is 21.5 Å². The van der Waals surface area contributed by atoms with E-state index in [1.807, 2.05) is 13.0 Å². The predicted octanol–water partition coefficient (Wildman–Crippen LogP) is 3.07. The SMILES string of the molecule is COc1cc(C(=O)NCc2ccccc2F)ccc1C. The van der Waals surface area contributed by atoms with E-state index in [0.717, 1.165) is 5.56 Å². The van der Waals surface area contributed by atoms with Crippen LogP contribution in [0.3, 0.4) is 0 Å². The molecule has 0 aliphatic heterocycles. The number of amides is 1. The minimum absolute atomic E-state index is 0.154. The summed E-state index contributed by atoms with van der Waals surface area (Å²) in [5, 5.41) is 2.69. The van der Waals surface area contributed by atoms with Crippen molar-refractivity contribution in [2.24, 2.45) is 0 Å². The van der Waals surface area contributed by atoms with E-state index in [0.29, 0.717) is 16.9 Å². The summed E-state index contributed by atoms with van der Waals surface area (Å²) >= 11 is 0. The molecule has 3 nitrogen and oxygen atoms in total. The van der Waals surface area contributed by atoms with Gasteiger partial charge in [-0.2, -0.15) is 0 Å². The molecule has 104 valence electrons. The molecule has 20 heavy (non-hydrogen) atoms. The van der Waals surface area contributed by atoms with Gasteiger partial charge in [0.05, 0.1) is 7.11 Å². The monoisotopic (exact) mass is 273 g/mol. The van der Waals surface area contributed by atoms with E-state index in [1.54, 1.807) is 37.4 Å². The number of ether oxygens (including phenoxy) is 1. The lowest BCUT2D eigenvalue weighted by molar-refractivity contribution is 0.0950. The number of carbonyl (C=O) groups excluding carboxylic acids is 1. The first-order chi connectivity index (χ1) is 9.61. The first-order valence-electron chi connectivity index (χ1n) is 6.28. The first-order valence-corrected chi connectivity index (χ1v) is 6.28.